The van der Waals surface area contributed by atoms with E-state index in [1.165, 1.54) is 25.3 Å². The molecule has 0 saturated carbocycles. The lowest BCUT2D eigenvalue weighted by molar-refractivity contribution is -0.117. The Labute approximate surface area is 190 Å². The first kappa shape index (κ1) is 22.6. The smallest absolute Gasteiger partial charge is 0.356 e. The lowest BCUT2D eigenvalue weighted by Crippen LogP contribution is -2.39. The van der Waals surface area contributed by atoms with Crippen LogP contribution < -0.4 is 10.1 Å². The number of nitrogens with one attached hydrogen (secondary N) is 2. The predicted molar refractivity (Wildman–Crippen MR) is 121 cm³/mol. The number of methoxy groups -OCH3 is 1. The van der Waals surface area contributed by atoms with E-state index in [1.54, 1.807) is 19.1 Å². The van der Waals surface area contributed by atoms with E-state index >= 15 is 0 Å². The summed E-state index contributed by atoms with van der Waals surface area (Å²) >= 11 is 0. The first-order chi connectivity index (χ1) is 15.8. The molecule has 0 fully saturated rings. The number of aromatic hydroxyl groups is 1. The van der Waals surface area contributed by atoms with E-state index in [0.717, 1.165) is 11.1 Å². The number of hydrogen-bond donors (Lipinski definition) is 3. The number of halogens is 1. The fourth-order valence-electron chi connectivity index (χ4n) is 4.28. The number of nitrogens with zero attached hydrogens (tertiary/aromatic N) is 1. The predicted octanol–water partition coefficient (Wildman–Crippen LogP) is 3.76. The van der Waals surface area contributed by atoms with E-state index in [0.29, 0.717) is 29.6 Å². The Bertz CT molecular complexity index is 1220. The Morgan fingerprint density at radius 1 is 1.30 bits per heavy atom. The van der Waals surface area contributed by atoms with Crippen LogP contribution in [0.15, 0.2) is 30.3 Å². The molecule has 1 aromatic heterocycles. The molecular formula is C24H26FN3O5. The molecule has 0 spiro atoms. The second-order valence-electron chi connectivity index (χ2n) is 7.95. The molecule has 9 heteroatoms. The van der Waals surface area contributed by atoms with Crippen molar-refractivity contribution in [3.63, 3.8) is 0 Å². The lowest BCUT2D eigenvalue weighted by atomic mass is 9.93. The van der Waals surface area contributed by atoms with Gasteiger partial charge >= 0.3 is 5.97 Å². The van der Waals surface area contributed by atoms with Gasteiger partial charge in [-0.1, -0.05) is 0 Å². The molecule has 33 heavy (non-hydrogen) atoms. The number of hydrogen-bond acceptors (Lipinski definition) is 6. The molecule has 2 aromatic carbocycles. The second-order valence-corrected chi connectivity index (χ2v) is 7.95. The van der Waals surface area contributed by atoms with Crippen molar-refractivity contribution >= 4 is 28.5 Å². The van der Waals surface area contributed by atoms with Crippen molar-refractivity contribution in [3.8, 4) is 11.5 Å². The number of rotatable bonds is 6. The first-order valence-electron chi connectivity index (χ1n) is 10.7. The summed E-state index contributed by atoms with van der Waals surface area (Å²) in [6, 6.07) is 7.45. The summed E-state index contributed by atoms with van der Waals surface area (Å²) in [4.78, 5) is 30.3. The summed E-state index contributed by atoms with van der Waals surface area (Å²) in [5.41, 5.74) is 2.77. The Morgan fingerprint density at radius 2 is 2.09 bits per heavy atom. The van der Waals surface area contributed by atoms with E-state index in [4.69, 9.17) is 9.47 Å². The molecule has 1 aliphatic rings. The minimum absolute atomic E-state index is 0.0635. The van der Waals surface area contributed by atoms with E-state index in [-0.39, 0.29) is 42.2 Å². The van der Waals surface area contributed by atoms with E-state index in [9.17, 15) is 19.1 Å². The number of H-pyrrole nitrogens is 1. The summed E-state index contributed by atoms with van der Waals surface area (Å²) in [6.45, 7) is 4.50. The number of amides is 1. The van der Waals surface area contributed by atoms with Crippen molar-refractivity contribution in [1.29, 1.82) is 0 Å². The molecule has 1 atom stereocenters. The van der Waals surface area contributed by atoms with Gasteiger partial charge in [0.2, 0.25) is 5.91 Å². The Kier molecular flexibility index (Phi) is 6.24. The Hall–Kier alpha value is -3.59. The maximum Gasteiger partial charge on any atom is 0.356 e. The molecule has 8 nitrogen and oxygen atoms in total. The van der Waals surface area contributed by atoms with Crippen LogP contribution >= 0.6 is 0 Å². The number of benzene rings is 2. The standard InChI is InChI=1S/C24H26FN3O5/c1-4-33-24(31)23-22(17-10-15(25)5-6-18(17)26-23)27-21(30)12-28-8-7-14-9-19(29)20(32-3)11-16(14)13(28)2/h5-6,9-11,13,26,29H,4,7-8,12H2,1-3H3,(H,27,30)/t13-/m1/s1. The molecule has 0 saturated heterocycles. The number of ether oxygens (including phenoxy) is 2. The Morgan fingerprint density at radius 3 is 2.82 bits per heavy atom. The highest BCUT2D eigenvalue weighted by Gasteiger charge is 2.28. The number of aromatic nitrogens is 1. The molecule has 0 radical (unpaired) electrons. The normalized spacial score (nSPS) is 15.8. The topological polar surface area (TPSA) is 104 Å². The van der Waals surface area contributed by atoms with E-state index in [1.807, 2.05) is 11.8 Å². The van der Waals surface area contributed by atoms with Gasteiger partial charge in [0.15, 0.2) is 11.5 Å². The molecule has 1 aliphatic heterocycles. The molecule has 174 valence electrons. The van der Waals surface area contributed by atoms with Crippen LogP contribution in [0.25, 0.3) is 10.9 Å². The van der Waals surface area contributed by atoms with Crippen molar-refractivity contribution in [2.75, 3.05) is 32.1 Å². The molecule has 2 heterocycles. The fraction of sp³-hybridized carbons (Fsp3) is 0.333. The number of aromatic amines is 1. The average Bonchev–Trinajstić information content (AvgIpc) is 3.13. The average molecular weight is 455 g/mol. The van der Waals surface area contributed by atoms with Crippen LogP contribution in [0.3, 0.4) is 0 Å². The second kappa shape index (κ2) is 9.11. The minimum atomic E-state index is -0.628. The summed E-state index contributed by atoms with van der Waals surface area (Å²) in [7, 11) is 1.49. The summed E-state index contributed by atoms with van der Waals surface area (Å²) in [6.07, 6.45) is 0.664. The third-order valence-corrected chi connectivity index (χ3v) is 5.96. The minimum Gasteiger partial charge on any atom is -0.504 e. The molecule has 0 bridgehead atoms. The van der Waals surface area contributed by atoms with Crippen molar-refractivity contribution in [2.24, 2.45) is 0 Å². The van der Waals surface area contributed by atoms with Gasteiger partial charge in [-0.3, -0.25) is 9.69 Å². The molecule has 4 rings (SSSR count). The van der Waals surface area contributed by atoms with Crippen LogP contribution in [-0.2, 0) is 16.0 Å². The van der Waals surface area contributed by atoms with Gasteiger partial charge in [0.05, 0.1) is 25.9 Å². The van der Waals surface area contributed by atoms with Gasteiger partial charge in [-0.15, -0.1) is 0 Å². The lowest BCUT2D eigenvalue weighted by Gasteiger charge is -2.35. The first-order valence-corrected chi connectivity index (χ1v) is 10.7. The van der Waals surface area contributed by atoms with Crippen LogP contribution in [0.1, 0.15) is 41.5 Å². The van der Waals surface area contributed by atoms with Crippen LogP contribution in [0.2, 0.25) is 0 Å². The SMILES string of the molecule is CCOC(=O)c1[nH]c2ccc(F)cc2c1NC(=O)CN1CCc2cc(O)c(OC)cc2[C@H]1C. The maximum absolute atomic E-state index is 13.9. The zero-order valence-corrected chi connectivity index (χ0v) is 18.7. The molecule has 1 amide bonds. The zero-order chi connectivity index (χ0) is 23.7. The highest BCUT2D eigenvalue weighted by molar-refractivity contribution is 6.11. The van der Waals surface area contributed by atoms with Gasteiger partial charge in [-0.25, -0.2) is 9.18 Å². The third kappa shape index (κ3) is 4.36. The van der Waals surface area contributed by atoms with Gasteiger partial charge in [-0.2, -0.15) is 0 Å². The third-order valence-electron chi connectivity index (χ3n) is 5.96. The molecule has 0 aliphatic carbocycles. The molecular weight excluding hydrogens is 429 g/mol. The van der Waals surface area contributed by atoms with Crippen LogP contribution in [0, 0.1) is 5.82 Å². The van der Waals surface area contributed by atoms with E-state index in [2.05, 4.69) is 10.3 Å². The summed E-state index contributed by atoms with van der Waals surface area (Å²) < 4.78 is 24.2. The molecule has 3 N–H and O–H groups in total. The maximum atomic E-state index is 13.9. The van der Waals surface area contributed by atoms with Crippen molar-refractivity contribution < 1.29 is 28.6 Å². The molecule has 3 aromatic rings. The number of carbonyl (C=O) groups excluding carboxylic acids is 2. The van der Waals surface area contributed by atoms with Crippen LogP contribution in [0.4, 0.5) is 10.1 Å². The van der Waals surface area contributed by atoms with Gasteiger partial charge in [0, 0.05) is 23.5 Å². The summed E-state index contributed by atoms with van der Waals surface area (Å²) in [5, 5.41) is 13.2. The van der Waals surface area contributed by atoms with Gasteiger partial charge < -0.3 is 24.9 Å². The number of carbonyl (C=O) groups is 2. The summed E-state index contributed by atoms with van der Waals surface area (Å²) in [5.74, 6) is -0.978. The number of fused-ring (bicyclic) bond motifs is 2. The van der Waals surface area contributed by atoms with Gasteiger partial charge in [0.1, 0.15) is 11.5 Å². The van der Waals surface area contributed by atoms with Crippen molar-refractivity contribution in [3.05, 3.63) is 53.0 Å². The number of esters is 1. The van der Waals surface area contributed by atoms with E-state index < -0.39 is 11.8 Å². The van der Waals surface area contributed by atoms with Crippen molar-refractivity contribution in [2.45, 2.75) is 26.3 Å². The number of anilines is 1. The zero-order valence-electron chi connectivity index (χ0n) is 18.7. The van der Waals surface area contributed by atoms with Crippen molar-refractivity contribution in [1.82, 2.24) is 9.88 Å². The number of phenols is 1. The van der Waals surface area contributed by atoms with Crippen LogP contribution in [0.5, 0.6) is 11.5 Å². The highest BCUT2D eigenvalue weighted by atomic mass is 19.1. The highest BCUT2D eigenvalue weighted by Crippen LogP contribution is 2.37. The quantitative estimate of drug-likeness (QED) is 0.489. The monoisotopic (exact) mass is 455 g/mol. The molecule has 0 unspecified atom stereocenters. The van der Waals surface area contributed by atoms with Gasteiger partial charge in [-0.05, 0) is 61.7 Å². The van der Waals surface area contributed by atoms with Gasteiger partial charge in [0.25, 0.3) is 0 Å². The van der Waals surface area contributed by atoms with Crippen LogP contribution in [-0.4, -0.2) is 53.7 Å². The number of phenolic OH excluding ortho intramolecular Hbond substituents is 1. The largest absolute Gasteiger partial charge is 0.504 e. The Balaban J connectivity index is 1.57. The fourth-order valence-corrected chi connectivity index (χ4v) is 4.28.